The Hall–Kier alpha value is -2.33. The van der Waals surface area contributed by atoms with E-state index in [9.17, 15) is 4.79 Å². The van der Waals surface area contributed by atoms with Gasteiger partial charge in [-0.15, -0.1) is 24.0 Å². The fraction of sp³-hybridized carbons (Fsp3) is 0.391. The number of carbonyl (C=O) groups excluding carboxylic acids is 1. The van der Waals surface area contributed by atoms with E-state index >= 15 is 0 Å². The Bertz CT molecular complexity index is 840. The second kappa shape index (κ2) is 13.2. The van der Waals surface area contributed by atoms with Crippen molar-refractivity contribution in [3.8, 4) is 0 Å². The highest BCUT2D eigenvalue weighted by Gasteiger charge is 2.21. The molecular weight excluding hydrogens is 505 g/mol. The highest BCUT2D eigenvalue weighted by atomic mass is 127. The Balaban J connectivity index is 0.00000341. The van der Waals surface area contributed by atoms with Crippen LogP contribution < -0.4 is 20.9 Å². The SMILES string of the molecule is CN=C(NCc1ccc(NCCOC)cc1)NCc1ccc(N2CCCC2=O)cc1.I. The summed E-state index contributed by atoms with van der Waals surface area (Å²) in [6, 6.07) is 16.4. The number of methoxy groups -OCH3 is 1. The molecule has 3 rings (SSSR count). The maximum atomic E-state index is 11.9. The summed E-state index contributed by atoms with van der Waals surface area (Å²) in [6.45, 7) is 3.64. The third kappa shape index (κ3) is 7.70. The van der Waals surface area contributed by atoms with Crippen LogP contribution in [0, 0.1) is 0 Å². The molecule has 0 spiro atoms. The van der Waals surface area contributed by atoms with Crippen LogP contribution in [0.4, 0.5) is 11.4 Å². The first-order valence-electron chi connectivity index (χ1n) is 10.3. The van der Waals surface area contributed by atoms with E-state index < -0.39 is 0 Å². The topological polar surface area (TPSA) is 78.0 Å². The summed E-state index contributed by atoms with van der Waals surface area (Å²) in [5.41, 5.74) is 4.37. The molecule has 2 aromatic carbocycles. The second-order valence-electron chi connectivity index (χ2n) is 7.21. The molecule has 1 aliphatic rings. The van der Waals surface area contributed by atoms with Gasteiger partial charge in [-0.25, -0.2) is 0 Å². The van der Waals surface area contributed by atoms with Crippen LogP contribution in [0.3, 0.4) is 0 Å². The summed E-state index contributed by atoms with van der Waals surface area (Å²) < 4.78 is 5.04. The minimum Gasteiger partial charge on any atom is -0.383 e. The van der Waals surface area contributed by atoms with Crippen molar-refractivity contribution in [1.29, 1.82) is 0 Å². The van der Waals surface area contributed by atoms with Gasteiger partial charge >= 0.3 is 0 Å². The van der Waals surface area contributed by atoms with Crippen molar-refractivity contribution >= 4 is 47.2 Å². The number of anilines is 2. The highest BCUT2D eigenvalue weighted by Crippen LogP contribution is 2.21. The van der Waals surface area contributed by atoms with Crippen molar-refractivity contribution < 1.29 is 9.53 Å². The van der Waals surface area contributed by atoms with Crippen LogP contribution in [0.5, 0.6) is 0 Å². The smallest absolute Gasteiger partial charge is 0.227 e. The van der Waals surface area contributed by atoms with E-state index in [-0.39, 0.29) is 29.9 Å². The molecule has 8 heteroatoms. The first-order chi connectivity index (χ1) is 14.7. The summed E-state index contributed by atoms with van der Waals surface area (Å²) in [4.78, 5) is 18.0. The fourth-order valence-electron chi connectivity index (χ4n) is 3.34. The lowest BCUT2D eigenvalue weighted by Gasteiger charge is -2.16. The molecule has 1 saturated heterocycles. The van der Waals surface area contributed by atoms with E-state index in [1.54, 1.807) is 14.2 Å². The molecule has 0 bridgehead atoms. The molecule has 0 radical (unpaired) electrons. The van der Waals surface area contributed by atoms with Gasteiger partial charge < -0.3 is 25.6 Å². The maximum absolute atomic E-state index is 11.9. The fourth-order valence-corrected chi connectivity index (χ4v) is 3.34. The van der Waals surface area contributed by atoms with E-state index in [4.69, 9.17) is 4.74 Å². The number of carbonyl (C=O) groups is 1. The molecule has 3 N–H and O–H groups in total. The van der Waals surface area contributed by atoms with Gasteiger partial charge in [0, 0.05) is 58.1 Å². The van der Waals surface area contributed by atoms with Crippen molar-refractivity contribution in [2.24, 2.45) is 4.99 Å². The third-order valence-corrected chi connectivity index (χ3v) is 5.05. The average molecular weight is 537 g/mol. The predicted molar refractivity (Wildman–Crippen MR) is 137 cm³/mol. The molecule has 0 aromatic heterocycles. The molecule has 1 heterocycles. The molecule has 0 atom stereocenters. The maximum Gasteiger partial charge on any atom is 0.227 e. The number of benzene rings is 2. The van der Waals surface area contributed by atoms with Gasteiger partial charge in [0.25, 0.3) is 0 Å². The lowest BCUT2D eigenvalue weighted by Crippen LogP contribution is -2.36. The summed E-state index contributed by atoms with van der Waals surface area (Å²) in [7, 11) is 3.46. The van der Waals surface area contributed by atoms with Gasteiger partial charge in [0.15, 0.2) is 5.96 Å². The zero-order valence-corrected chi connectivity index (χ0v) is 20.5. The van der Waals surface area contributed by atoms with Gasteiger partial charge in [0.2, 0.25) is 5.91 Å². The quantitative estimate of drug-likeness (QED) is 0.198. The van der Waals surface area contributed by atoms with Crippen LogP contribution in [-0.4, -0.2) is 45.7 Å². The van der Waals surface area contributed by atoms with Crippen LogP contribution in [-0.2, 0) is 22.6 Å². The number of halogens is 1. The number of ether oxygens (including phenoxy) is 1. The van der Waals surface area contributed by atoms with Crippen molar-refractivity contribution in [2.45, 2.75) is 25.9 Å². The summed E-state index contributed by atoms with van der Waals surface area (Å²) in [5, 5.41) is 9.98. The predicted octanol–water partition coefficient (Wildman–Crippen LogP) is 3.35. The molecule has 0 aliphatic carbocycles. The molecule has 7 nitrogen and oxygen atoms in total. The molecule has 168 valence electrons. The summed E-state index contributed by atoms with van der Waals surface area (Å²) in [5.74, 6) is 0.959. The molecule has 0 unspecified atom stereocenters. The molecule has 1 fully saturated rings. The number of hydrogen-bond donors (Lipinski definition) is 3. The van der Waals surface area contributed by atoms with E-state index in [0.29, 0.717) is 26.1 Å². The number of hydrogen-bond acceptors (Lipinski definition) is 4. The van der Waals surface area contributed by atoms with Crippen molar-refractivity contribution in [3.63, 3.8) is 0 Å². The Morgan fingerprint density at radius 3 is 2.16 bits per heavy atom. The lowest BCUT2D eigenvalue weighted by atomic mass is 10.2. The van der Waals surface area contributed by atoms with E-state index in [2.05, 4.69) is 57.3 Å². The van der Waals surface area contributed by atoms with Gasteiger partial charge in [0.05, 0.1) is 6.61 Å². The lowest BCUT2D eigenvalue weighted by molar-refractivity contribution is -0.117. The number of amides is 1. The number of nitrogens with zero attached hydrogens (tertiary/aromatic N) is 2. The Morgan fingerprint density at radius 1 is 1.03 bits per heavy atom. The third-order valence-electron chi connectivity index (χ3n) is 5.05. The molecule has 1 aliphatic heterocycles. The molecule has 0 saturated carbocycles. The first kappa shape index (κ1) is 24.9. The van der Waals surface area contributed by atoms with E-state index in [1.165, 1.54) is 5.56 Å². The minimum absolute atomic E-state index is 0. The minimum atomic E-state index is 0. The van der Waals surface area contributed by atoms with Crippen molar-refractivity contribution in [2.75, 3.05) is 44.1 Å². The van der Waals surface area contributed by atoms with Crippen LogP contribution in [0.1, 0.15) is 24.0 Å². The monoisotopic (exact) mass is 537 g/mol. The first-order valence-corrected chi connectivity index (χ1v) is 10.3. The van der Waals surface area contributed by atoms with Crippen LogP contribution in [0.2, 0.25) is 0 Å². The van der Waals surface area contributed by atoms with Crippen LogP contribution in [0.25, 0.3) is 0 Å². The van der Waals surface area contributed by atoms with E-state index in [0.717, 1.165) is 42.4 Å². The Kier molecular flexibility index (Phi) is 10.6. The number of aliphatic imine (C=N–C) groups is 1. The van der Waals surface area contributed by atoms with Gasteiger partial charge in [-0.2, -0.15) is 0 Å². The molecular formula is C23H32IN5O2. The summed E-state index contributed by atoms with van der Waals surface area (Å²) in [6.07, 6.45) is 1.59. The summed E-state index contributed by atoms with van der Waals surface area (Å²) >= 11 is 0. The van der Waals surface area contributed by atoms with E-state index in [1.807, 2.05) is 17.0 Å². The largest absolute Gasteiger partial charge is 0.383 e. The Labute approximate surface area is 201 Å². The highest BCUT2D eigenvalue weighted by molar-refractivity contribution is 14.0. The van der Waals surface area contributed by atoms with Gasteiger partial charge in [-0.05, 0) is 41.8 Å². The van der Waals surface area contributed by atoms with Crippen molar-refractivity contribution in [1.82, 2.24) is 10.6 Å². The molecule has 1 amide bonds. The van der Waals surface area contributed by atoms with Crippen LogP contribution >= 0.6 is 24.0 Å². The van der Waals surface area contributed by atoms with Crippen molar-refractivity contribution in [3.05, 3.63) is 59.7 Å². The molecule has 31 heavy (non-hydrogen) atoms. The molecule has 2 aromatic rings. The number of guanidine groups is 1. The van der Waals surface area contributed by atoms with Gasteiger partial charge in [0.1, 0.15) is 0 Å². The normalized spacial score (nSPS) is 13.7. The zero-order valence-electron chi connectivity index (χ0n) is 18.2. The average Bonchev–Trinajstić information content (AvgIpc) is 3.21. The number of rotatable bonds is 9. The zero-order chi connectivity index (χ0) is 21.2. The standard InChI is InChI=1S/C23H31N5O2.HI/c1-24-23(26-16-18-5-9-20(10-6-18)25-13-15-30-2)27-17-19-7-11-21(12-8-19)28-14-3-4-22(28)29;/h5-12,25H,3-4,13-17H2,1-2H3,(H2,24,26,27);1H. The van der Waals surface area contributed by atoms with Crippen LogP contribution in [0.15, 0.2) is 53.5 Å². The number of nitrogens with one attached hydrogen (secondary N) is 3. The van der Waals surface area contributed by atoms with Gasteiger partial charge in [-0.1, -0.05) is 24.3 Å². The Morgan fingerprint density at radius 2 is 1.65 bits per heavy atom. The van der Waals surface area contributed by atoms with Gasteiger partial charge in [-0.3, -0.25) is 9.79 Å². The second-order valence-corrected chi connectivity index (χ2v) is 7.21.